The van der Waals surface area contributed by atoms with Gasteiger partial charge in [-0.1, -0.05) is 0 Å². The second-order valence-electron chi connectivity index (χ2n) is 3.79. The highest BCUT2D eigenvalue weighted by molar-refractivity contribution is 6.02. The Kier molecular flexibility index (Phi) is 3.38. The number of carbonyl (C=O) groups excluding carboxylic acids is 1. The number of hydrogen-bond acceptors (Lipinski definition) is 4. The topological polar surface area (TPSA) is 104 Å². The molecule has 7 nitrogen and oxygen atoms in total. The third-order valence-electron chi connectivity index (χ3n) is 2.62. The van der Waals surface area contributed by atoms with Crippen molar-refractivity contribution < 1.29 is 19.4 Å². The molecule has 1 aliphatic heterocycles. The number of hydrogen-bond donors (Lipinski definition) is 3. The number of carboxylic acid groups (broad SMARTS) is 1. The maximum Gasteiger partial charge on any atom is 0.354 e. The molecule has 1 amide bonds. The molecule has 1 fully saturated rings. The quantitative estimate of drug-likeness (QED) is 0.689. The molecule has 0 aliphatic carbocycles. The standard InChI is InChI=1S/C10H13N3O4/c14-9(13-6-1-3-17-4-2-6)7-8(10(15)16)12-5-11-7/h5-6H,1-4H2,(H,11,12)(H,13,14)(H,15,16). The van der Waals surface area contributed by atoms with Gasteiger partial charge in [0.1, 0.15) is 0 Å². The summed E-state index contributed by atoms with van der Waals surface area (Å²) in [4.78, 5) is 28.8. The van der Waals surface area contributed by atoms with E-state index in [1.807, 2.05) is 0 Å². The van der Waals surface area contributed by atoms with E-state index < -0.39 is 11.9 Å². The number of H-pyrrole nitrogens is 1. The molecule has 17 heavy (non-hydrogen) atoms. The summed E-state index contributed by atoms with van der Waals surface area (Å²) in [7, 11) is 0. The number of rotatable bonds is 3. The predicted octanol–water partition coefficient (Wildman–Crippen LogP) is 0.0167. The Bertz CT molecular complexity index is 423. The molecule has 0 saturated carbocycles. The van der Waals surface area contributed by atoms with Crippen molar-refractivity contribution in [3.63, 3.8) is 0 Å². The molecule has 0 radical (unpaired) electrons. The third-order valence-corrected chi connectivity index (χ3v) is 2.62. The van der Waals surface area contributed by atoms with Crippen LogP contribution in [0.3, 0.4) is 0 Å². The zero-order valence-electron chi connectivity index (χ0n) is 9.10. The highest BCUT2D eigenvalue weighted by Gasteiger charge is 2.23. The number of nitrogens with one attached hydrogen (secondary N) is 2. The zero-order chi connectivity index (χ0) is 12.3. The van der Waals surface area contributed by atoms with E-state index in [0.717, 1.165) is 12.8 Å². The Morgan fingerprint density at radius 2 is 2.18 bits per heavy atom. The van der Waals surface area contributed by atoms with E-state index in [1.54, 1.807) is 0 Å². The largest absolute Gasteiger partial charge is 0.477 e. The minimum atomic E-state index is -1.19. The molecule has 0 unspecified atom stereocenters. The van der Waals surface area contributed by atoms with Crippen LogP contribution in [0.2, 0.25) is 0 Å². The van der Waals surface area contributed by atoms with Crippen LogP contribution in [0, 0.1) is 0 Å². The summed E-state index contributed by atoms with van der Waals surface area (Å²) in [6.45, 7) is 1.22. The fourth-order valence-corrected chi connectivity index (χ4v) is 1.73. The van der Waals surface area contributed by atoms with Gasteiger partial charge in [-0.2, -0.15) is 0 Å². The van der Waals surface area contributed by atoms with Crippen molar-refractivity contribution in [1.29, 1.82) is 0 Å². The van der Waals surface area contributed by atoms with Crippen LogP contribution in [0.1, 0.15) is 33.8 Å². The van der Waals surface area contributed by atoms with Crippen LogP contribution < -0.4 is 5.32 Å². The van der Waals surface area contributed by atoms with Gasteiger partial charge in [0.05, 0.1) is 6.33 Å². The van der Waals surface area contributed by atoms with Crippen molar-refractivity contribution in [2.45, 2.75) is 18.9 Å². The van der Waals surface area contributed by atoms with Gasteiger partial charge >= 0.3 is 5.97 Å². The Morgan fingerprint density at radius 1 is 1.47 bits per heavy atom. The van der Waals surface area contributed by atoms with Gasteiger partial charge in [-0.25, -0.2) is 9.78 Å². The average molecular weight is 239 g/mol. The van der Waals surface area contributed by atoms with Gasteiger partial charge in [-0.05, 0) is 12.8 Å². The SMILES string of the molecule is O=C(NC1CCOCC1)c1nc[nH]c1C(=O)O. The number of aromatic nitrogens is 2. The van der Waals surface area contributed by atoms with Crippen molar-refractivity contribution in [3.05, 3.63) is 17.7 Å². The number of aromatic carboxylic acids is 1. The van der Waals surface area contributed by atoms with Gasteiger partial charge in [0, 0.05) is 19.3 Å². The molecule has 1 saturated heterocycles. The summed E-state index contributed by atoms with van der Waals surface area (Å²) >= 11 is 0. The molecule has 0 bridgehead atoms. The van der Waals surface area contributed by atoms with Crippen molar-refractivity contribution >= 4 is 11.9 Å². The van der Waals surface area contributed by atoms with Crippen molar-refractivity contribution in [3.8, 4) is 0 Å². The molecular weight excluding hydrogens is 226 g/mol. The van der Waals surface area contributed by atoms with Crippen LogP contribution in [0.5, 0.6) is 0 Å². The zero-order valence-corrected chi connectivity index (χ0v) is 9.10. The Hall–Kier alpha value is -1.89. The Balaban J connectivity index is 2.03. The van der Waals surface area contributed by atoms with E-state index in [0.29, 0.717) is 13.2 Å². The number of ether oxygens (including phenoxy) is 1. The van der Waals surface area contributed by atoms with Crippen LogP contribution in [0.15, 0.2) is 6.33 Å². The maximum atomic E-state index is 11.8. The summed E-state index contributed by atoms with van der Waals surface area (Å²) in [6, 6.07) is 0.0228. The fourth-order valence-electron chi connectivity index (χ4n) is 1.73. The normalized spacial score (nSPS) is 16.7. The van der Waals surface area contributed by atoms with Crippen LogP contribution in [-0.2, 0) is 4.74 Å². The highest BCUT2D eigenvalue weighted by atomic mass is 16.5. The van der Waals surface area contributed by atoms with E-state index >= 15 is 0 Å². The molecule has 0 atom stereocenters. The molecule has 92 valence electrons. The molecule has 7 heteroatoms. The first-order valence-corrected chi connectivity index (χ1v) is 5.33. The van der Waals surface area contributed by atoms with Gasteiger partial charge in [-0.15, -0.1) is 0 Å². The predicted molar refractivity (Wildman–Crippen MR) is 56.9 cm³/mol. The first kappa shape index (κ1) is 11.6. The minimum Gasteiger partial charge on any atom is -0.477 e. The molecule has 0 aromatic carbocycles. The van der Waals surface area contributed by atoms with Crippen LogP contribution in [0.4, 0.5) is 0 Å². The van der Waals surface area contributed by atoms with Crippen molar-refractivity contribution in [2.75, 3.05) is 13.2 Å². The highest BCUT2D eigenvalue weighted by Crippen LogP contribution is 2.08. The Labute approximate surface area is 97.2 Å². The lowest BCUT2D eigenvalue weighted by molar-refractivity contribution is 0.0661. The van der Waals surface area contributed by atoms with E-state index in [-0.39, 0.29) is 17.4 Å². The minimum absolute atomic E-state index is 0.0228. The lowest BCUT2D eigenvalue weighted by Crippen LogP contribution is -2.39. The molecule has 1 aliphatic rings. The molecule has 0 spiro atoms. The number of imidazole rings is 1. The summed E-state index contributed by atoms with van der Waals surface area (Å²) < 4.78 is 5.17. The first-order chi connectivity index (χ1) is 8.18. The summed E-state index contributed by atoms with van der Waals surface area (Å²) in [5.74, 6) is -1.66. The summed E-state index contributed by atoms with van der Waals surface area (Å²) in [5, 5.41) is 11.6. The fraction of sp³-hybridized carbons (Fsp3) is 0.500. The second kappa shape index (κ2) is 4.96. The number of amides is 1. The molecular formula is C10H13N3O4. The molecule has 2 heterocycles. The van der Waals surface area contributed by atoms with Crippen molar-refractivity contribution in [2.24, 2.45) is 0 Å². The van der Waals surface area contributed by atoms with E-state index in [4.69, 9.17) is 9.84 Å². The average Bonchev–Trinajstić information content (AvgIpc) is 2.79. The van der Waals surface area contributed by atoms with Crippen molar-refractivity contribution in [1.82, 2.24) is 15.3 Å². The monoisotopic (exact) mass is 239 g/mol. The molecule has 3 N–H and O–H groups in total. The third kappa shape index (κ3) is 2.62. The summed E-state index contributed by atoms with van der Waals surface area (Å²) in [5.41, 5.74) is -0.265. The lowest BCUT2D eigenvalue weighted by atomic mass is 10.1. The van der Waals surface area contributed by atoms with Gasteiger partial charge in [0.15, 0.2) is 11.4 Å². The number of carbonyl (C=O) groups is 2. The van der Waals surface area contributed by atoms with Gasteiger partial charge < -0.3 is 20.1 Å². The molecule has 1 aromatic rings. The number of carboxylic acids is 1. The maximum absolute atomic E-state index is 11.8. The van der Waals surface area contributed by atoms with Crippen LogP contribution >= 0.6 is 0 Å². The first-order valence-electron chi connectivity index (χ1n) is 5.33. The number of aromatic amines is 1. The lowest BCUT2D eigenvalue weighted by Gasteiger charge is -2.22. The van der Waals surface area contributed by atoms with E-state index in [1.165, 1.54) is 6.33 Å². The van der Waals surface area contributed by atoms with Crippen LogP contribution in [0.25, 0.3) is 0 Å². The Morgan fingerprint density at radius 3 is 2.82 bits per heavy atom. The van der Waals surface area contributed by atoms with E-state index in [2.05, 4.69) is 15.3 Å². The smallest absolute Gasteiger partial charge is 0.354 e. The van der Waals surface area contributed by atoms with Gasteiger partial charge in [-0.3, -0.25) is 4.79 Å². The number of nitrogens with zero attached hydrogens (tertiary/aromatic N) is 1. The van der Waals surface area contributed by atoms with Gasteiger partial charge in [0.25, 0.3) is 5.91 Å². The second-order valence-corrected chi connectivity index (χ2v) is 3.79. The van der Waals surface area contributed by atoms with Crippen LogP contribution in [-0.4, -0.2) is 46.2 Å². The molecule has 2 rings (SSSR count). The summed E-state index contributed by atoms with van der Waals surface area (Å²) in [6.07, 6.45) is 2.67. The van der Waals surface area contributed by atoms with E-state index in [9.17, 15) is 9.59 Å². The molecule has 1 aromatic heterocycles. The van der Waals surface area contributed by atoms with Gasteiger partial charge in [0.2, 0.25) is 0 Å².